The molecule has 0 saturated heterocycles. The smallest absolute Gasteiger partial charge is 0.231 e. The second-order valence-electron chi connectivity index (χ2n) is 8.87. The van der Waals surface area contributed by atoms with Crippen molar-refractivity contribution in [2.24, 2.45) is 0 Å². The summed E-state index contributed by atoms with van der Waals surface area (Å²) in [7, 11) is 0. The van der Waals surface area contributed by atoms with Crippen molar-refractivity contribution in [2.75, 3.05) is 0 Å². The van der Waals surface area contributed by atoms with Crippen molar-refractivity contribution in [2.45, 2.75) is 39.7 Å². The van der Waals surface area contributed by atoms with E-state index in [4.69, 9.17) is 9.47 Å². The lowest BCUT2D eigenvalue weighted by Gasteiger charge is -2.18. The van der Waals surface area contributed by atoms with Crippen molar-refractivity contribution < 1.29 is 23.0 Å². The van der Waals surface area contributed by atoms with Crippen molar-refractivity contribution in [3.8, 4) is 11.5 Å². The summed E-state index contributed by atoms with van der Waals surface area (Å²) in [4.78, 5) is 12.8. The molecule has 1 aliphatic rings. The predicted octanol–water partition coefficient (Wildman–Crippen LogP) is 6.77. The molecule has 164 valence electrons. The number of fused-ring (bicyclic) bond motifs is 1. The number of ether oxygens (including phenoxy) is 2. The molecule has 0 aliphatic carbocycles. The number of carbonyl (C=O) groups is 1. The minimum atomic E-state index is -0.669. The summed E-state index contributed by atoms with van der Waals surface area (Å²) >= 11 is 0. The minimum absolute atomic E-state index is 0.0423. The van der Waals surface area contributed by atoms with E-state index in [1.807, 2.05) is 24.3 Å². The van der Waals surface area contributed by atoms with Gasteiger partial charge < -0.3 is 9.47 Å². The monoisotopic (exact) mass is 434 g/mol. The van der Waals surface area contributed by atoms with Crippen molar-refractivity contribution >= 4 is 11.9 Å². The van der Waals surface area contributed by atoms with Crippen LogP contribution in [0.4, 0.5) is 8.78 Å². The van der Waals surface area contributed by atoms with E-state index in [1.165, 1.54) is 23.8 Å². The van der Waals surface area contributed by atoms with Crippen LogP contribution in [0.1, 0.15) is 53.4 Å². The third-order valence-corrected chi connectivity index (χ3v) is 5.54. The Morgan fingerprint density at radius 1 is 0.969 bits per heavy atom. The summed E-state index contributed by atoms with van der Waals surface area (Å²) in [5.41, 5.74) is 2.98. The van der Waals surface area contributed by atoms with Gasteiger partial charge in [0.05, 0.1) is 11.1 Å². The number of benzene rings is 3. The number of ketones is 1. The third-order valence-electron chi connectivity index (χ3n) is 5.54. The number of hydrogen-bond acceptors (Lipinski definition) is 3. The maximum absolute atomic E-state index is 13.9. The van der Waals surface area contributed by atoms with Crippen LogP contribution in [0.15, 0.2) is 60.4 Å². The zero-order valence-corrected chi connectivity index (χ0v) is 18.5. The average molecular weight is 434 g/mol. The van der Waals surface area contributed by atoms with Gasteiger partial charge >= 0.3 is 0 Å². The lowest BCUT2D eigenvalue weighted by Crippen LogP contribution is -2.10. The van der Waals surface area contributed by atoms with Crippen molar-refractivity contribution in [1.29, 1.82) is 0 Å². The van der Waals surface area contributed by atoms with Gasteiger partial charge in [-0.1, -0.05) is 51.1 Å². The van der Waals surface area contributed by atoms with E-state index in [-0.39, 0.29) is 29.1 Å². The summed E-state index contributed by atoms with van der Waals surface area (Å²) in [5, 5.41) is 0. The molecule has 0 bridgehead atoms. The van der Waals surface area contributed by atoms with E-state index in [2.05, 4.69) is 20.8 Å². The van der Waals surface area contributed by atoms with Crippen molar-refractivity contribution in [1.82, 2.24) is 0 Å². The first-order chi connectivity index (χ1) is 15.1. The van der Waals surface area contributed by atoms with Crippen LogP contribution >= 0.6 is 0 Å². The van der Waals surface area contributed by atoms with Gasteiger partial charge in [-0.05, 0) is 53.8 Å². The van der Waals surface area contributed by atoms with Gasteiger partial charge in [-0.3, -0.25) is 4.79 Å². The molecule has 0 saturated carbocycles. The van der Waals surface area contributed by atoms with Crippen LogP contribution in [0.3, 0.4) is 0 Å². The van der Waals surface area contributed by atoms with Crippen LogP contribution in [0.2, 0.25) is 0 Å². The highest BCUT2D eigenvalue weighted by Gasteiger charge is 2.30. The Kier molecular flexibility index (Phi) is 5.59. The largest absolute Gasteiger partial charge is 0.488 e. The van der Waals surface area contributed by atoms with Crippen LogP contribution in [0, 0.1) is 18.6 Å². The van der Waals surface area contributed by atoms with Gasteiger partial charge in [0.2, 0.25) is 5.78 Å². The maximum atomic E-state index is 13.9. The number of carbonyl (C=O) groups excluding carboxylic acids is 1. The molecule has 0 fully saturated rings. The highest BCUT2D eigenvalue weighted by Crippen LogP contribution is 2.39. The van der Waals surface area contributed by atoms with Gasteiger partial charge in [0, 0.05) is 5.56 Å². The summed E-state index contributed by atoms with van der Waals surface area (Å²) in [6.07, 6.45) is 1.71. The number of halogens is 2. The van der Waals surface area contributed by atoms with E-state index in [9.17, 15) is 13.6 Å². The van der Waals surface area contributed by atoms with Crippen molar-refractivity contribution in [3.63, 3.8) is 0 Å². The highest BCUT2D eigenvalue weighted by molar-refractivity contribution is 6.14. The molecule has 3 aromatic carbocycles. The first-order valence-corrected chi connectivity index (χ1v) is 10.4. The Morgan fingerprint density at radius 3 is 2.25 bits per heavy atom. The molecule has 0 aromatic heterocycles. The Bertz CT molecular complexity index is 1200. The van der Waals surface area contributed by atoms with Crippen molar-refractivity contribution in [3.05, 3.63) is 99.8 Å². The Hall–Kier alpha value is -3.47. The van der Waals surface area contributed by atoms with Gasteiger partial charge in [0.25, 0.3) is 0 Å². The van der Waals surface area contributed by atoms with E-state index in [0.29, 0.717) is 22.6 Å². The second-order valence-corrected chi connectivity index (χ2v) is 8.87. The maximum Gasteiger partial charge on any atom is 0.231 e. The fourth-order valence-electron chi connectivity index (χ4n) is 3.58. The van der Waals surface area contributed by atoms with E-state index in [0.717, 1.165) is 5.56 Å². The first kappa shape index (κ1) is 21.8. The first-order valence-electron chi connectivity index (χ1n) is 10.4. The molecule has 0 radical (unpaired) electrons. The van der Waals surface area contributed by atoms with Crippen LogP contribution in [0.5, 0.6) is 11.5 Å². The quantitative estimate of drug-likeness (QED) is 0.425. The SMILES string of the molecule is Cc1c(OCc2c(F)cccc2F)ccc2c1O/C(=C\c1ccc(C(C)(C)C)cc1)C2=O. The van der Waals surface area contributed by atoms with Crippen LogP contribution in [0.25, 0.3) is 6.08 Å². The van der Waals surface area contributed by atoms with Gasteiger partial charge in [-0.15, -0.1) is 0 Å². The number of hydrogen-bond donors (Lipinski definition) is 0. The predicted molar refractivity (Wildman–Crippen MR) is 120 cm³/mol. The molecular formula is C27H24F2O3. The molecule has 0 spiro atoms. The lowest BCUT2D eigenvalue weighted by molar-refractivity contribution is 0.101. The molecule has 3 nitrogen and oxygen atoms in total. The second kappa shape index (κ2) is 8.23. The molecule has 1 heterocycles. The van der Waals surface area contributed by atoms with E-state index < -0.39 is 11.6 Å². The molecule has 0 unspecified atom stereocenters. The molecular weight excluding hydrogens is 410 g/mol. The molecule has 5 heteroatoms. The molecule has 3 aromatic rings. The minimum Gasteiger partial charge on any atom is -0.488 e. The molecule has 0 N–H and O–H groups in total. The highest BCUT2D eigenvalue weighted by atomic mass is 19.1. The van der Waals surface area contributed by atoms with Gasteiger partial charge in [-0.2, -0.15) is 0 Å². The normalized spacial score (nSPS) is 14.4. The number of allylic oxidation sites excluding steroid dienone is 1. The topological polar surface area (TPSA) is 35.5 Å². The number of Topliss-reactive ketones (excluding diaryl/α,β-unsaturated/α-hetero) is 1. The molecule has 1 aliphatic heterocycles. The van der Waals surface area contributed by atoms with E-state index in [1.54, 1.807) is 25.1 Å². The summed E-state index contributed by atoms with van der Waals surface area (Å²) < 4.78 is 39.3. The van der Waals surface area contributed by atoms with Gasteiger partial charge in [0.15, 0.2) is 5.76 Å². The average Bonchev–Trinajstić information content (AvgIpc) is 3.05. The standard InChI is InChI=1S/C27H24F2O3/c1-16-23(31-15-20-21(28)6-5-7-22(20)29)13-12-19-25(30)24(32-26(16)19)14-17-8-10-18(11-9-17)27(2,3)4/h5-14H,15H2,1-4H3/b24-14-. The zero-order chi connectivity index (χ0) is 23.0. The number of rotatable bonds is 4. The summed E-state index contributed by atoms with van der Waals surface area (Å²) in [6, 6.07) is 14.9. The molecule has 4 rings (SSSR count). The van der Waals surface area contributed by atoms with Gasteiger partial charge in [-0.25, -0.2) is 8.78 Å². The molecule has 32 heavy (non-hydrogen) atoms. The van der Waals surface area contributed by atoms with Gasteiger partial charge in [0.1, 0.15) is 29.7 Å². The lowest BCUT2D eigenvalue weighted by atomic mass is 9.86. The third kappa shape index (κ3) is 4.15. The Labute approximate surface area is 186 Å². The summed E-state index contributed by atoms with van der Waals surface area (Å²) in [6.45, 7) is 7.91. The van der Waals surface area contributed by atoms with Crippen LogP contribution in [-0.2, 0) is 12.0 Å². The fraction of sp³-hybridized carbons (Fsp3) is 0.222. The zero-order valence-electron chi connectivity index (χ0n) is 18.5. The summed E-state index contributed by atoms with van der Waals surface area (Å²) in [5.74, 6) is -0.525. The molecule has 0 atom stereocenters. The van der Waals surface area contributed by atoms with Crippen LogP contribution in [-0.4, -0.2) is 5.78 Å². The van der Waals surface area contributed by atoms with Crippen LogP contribution < -0.4 is 9.47 Å². The Balaban J connectivity index is 1.56. The van der Waals surface area contributed by atoms with E-state index >= 15 is 0 Å². The Morgan fingerprint density at radius 2 is 1.62 bits per heavy atom. The molecule has 0 amide bonds. The fourth-order valence-corrected chi connectivity index (χ4v) is 3.58.